The third kappa shape index (κ3) is 5.84. The largest absolute Gasteiger partial charge is 0.486 e. The molecule has 2 amide bonds. The highest BCUT2D eigenvalue weighted by Crippen LogP contribution is 2.39. The third-order valence-corrected chi connectivity index (χ3v) is 6.96. The van der Waals surface area contributed by atoms with Gasteiger partial charge in [0.25, 0.3) is 0 Å². The second-order valence-corrected chi connectivity index (χ2v) is 10.1. The van der Waals surface area contributed by atoms with Gasteiger partial charge >= 0.3 is 0 Å². The predicted molar refractivity (Wildman–Crippen MR) is 154 cm³/mol. The van der Waals surface area contributed by atoms with E-state index in [1.165, 1.54) is 12.1 Å². The number of halogens is 1. The van der Waals surface area contributed by atoms with Crippen LogP contribution >= 0.6 is 0 Å². The Morgan fingerprint density at radius 2 is 1.75 bits per heavy atom. The highest BCUT2D eigenvalue weighted by atomic mass is 19.1. The molecular weight excluding hydrogens is 511 g/mol. The van der Waals surface area contributed by atoms with Crippen molar-refractivity contribution in [3.8, 4) is 11.5 Å². The molecule has 0 spiro atoms. The van der Waals surface area contributed by atoms with Crippen LogP contribution in [-0.2, 0) is 9.59 Å². The molecular formula is C31H33FN4O4. The molecule has 1 atom stereocenters. The van der Waals surface area contributed by atoms with Crippen LogP contribution in [0.3, 0.4) is 0 Å². The molecule has 0 aromatic heterocycles. The monoisotopic (exact) mass is 544 g/mol. The number of hydrogen-bond acceptors (Lipinski definition) is 6. The maximum absolute atomic E-state index is 13.9. The van der Waals surface area contributed by atoms with Crippen molar-refractivity contribution in [2.24, 2.45) is 4.99 Å². The van der Waals surface area contributed by atoms with Gasteiger partial charge < -0.3 is 24.6 Å². The lowest BCUT2D eigenvalue weighted by atomic mass is 9.90. The van der Waals surface area contributed by atoms with Gasteiger partial charge in [-0.15, -0.1) is 0 Å². The summed E-state index contributed by atoms with van der Waals surface area (Å²) in [5.41, 5.74) is 3.69. The van der Waals surface area contributed by atoms with Crippen LogP contribution in [0.2, 0.25) is 0 Å². The molecule has 3 aromatic carbocycles. The van der Waals surface area contributed by atoms with E-state index in [0.29, 0.717) is 65.9 Å². The van der Waals surface area contributed by atoms with Gasteiger partial charge in [-0.25, -0.2) is 4.39 Å². The van der Waals surface area contributed by atoms with Gasteiger partial charge in [0.2, 0.25) is 11.8 Å². The van der Waals surface area contributed by atoms with E-state index in [1.807, 2.05) is 63.5 Å². The van der Waals surface area contributed by atoms with E-state index in [0.717, 1.165) is 18.7 Å². The zero-order chi connectivity index (χ0) is 28.2. The molecule has 2 aliphatic heterocycles. The second kappa shape index (κ2) is 11.9. The SMILES string of the molecule is CCC(=O)N(CCCN(C)C)c1ccc(N=C(c2ccc3c(c2)OCCO3)C2C(=O)Nc3cc(F)ccc32)cc1. The number of hydrogen-bond donors (Lipinski definition) is 1. The number of amides is 2. The van der Waals surface area contributed by atoms with Gasteiger partial charge in [0, 0.05) is 29.9 Å². The van der Waals surface area contributed by atoms with Crippen molar-refractivity contribution >= 4 is 34.6 Å². The first-order chi connectivity index (χ1) is 19.3. The van der Waals surface area contributed by atoms with Gasteiger partial charge in [-0.3, -0.25) is 14.6 Å². The third-order valence-electron chi connectivity index (χ3n) is 6.96. The van der Waals surface area contributed by atoms with Crippen molar-refractivity contribution in [2.45, 2.75) is 25.7 Å². The smallest absolute Gasteiger partial charge is 0.238 e. The van der Waals surface area contributed by atoms with Gasteiger partial charge in [0.1, 0.15) is 24.9 Å². The second-order valence-electron chi connectivity index (χ2n) is 10.1. The van der Waals surface area contributed by atoms with Gasteiger partial charge in [-0.2, -0.15) is 0 Å². The topological polar surface area (TPSA) is 83.5 Å². The van der Waals surface area contributed by atoms with Gasteiger partial charge in [-0.05, 0) is 87.2 Å². The summed E-state index contributed by atoms with van der Waals surface area (Å²) in [6.45, 7) is 4.25. The van der Waals surface area contributed by atoms with Crippen molar-refractivity contribution in [3.05, 3.63) is 77.6 Å². The van der Waals surface area contributed by atoms with E-state index in [9.17, 15) is 14.0 Å². The fourth-order valence-electron chi connectivity index (χ4n) is 4.98. The summed E-state index contributed by atoms with van der Waals surface area (Å²) in [5.74, 6) is -0.195. The molecule has 0 aliphatic carbocycles. The fraction of sp³-hybridized carbons (Fsp3) is 0.323. The normalized spacial score (nSPS) is 16.1. The van der Waals surface area contributed by atoms with Crippen molar-refractivity contribution in [3.63, 3.8) is 0 Å². The molecule has 208 valence electrons. The lowest BCUT2D eigenvalue weighted by Gasteiger charge is -2.23. The Morgan fingerprint density at radius 1 is 1.00 bits per heavy atom. The molecule has 5 rings (SSSR count). The summed E-state index contributed by atoms with van der Waals surface area (Å²) in [6, 6.07) is 17.2. The van der Waals surface area contributed by atoms with Gasteiger partial charge in [0.05, 0.1) is 11.4 Å². The van der Waals surface area contributed by atoms with Crippen LogP contribution in [0.5, 0.6) is 11.5 Å². The van der Waals surface area contributed by atoms with E-state index >= 15 is 0 Å². The van der Waals surface area contributed by atoms with E-state index in [1.54, 1.807) is 11.0 Å². The van der Waals surface area contributed by atoms with Crippen LogP contribution < -0.4 is 19.7 Å². The Balaban J connectivity index is 1.52. The van der Waals surface area contributed by atoms with Crippen LogP contribution in [0, 0.1) is 5.82 Å². The van der Waals surface area contributed by atoms with Crippen molar-refractivity contribution < 1.29 is 23.5 Å². The first-order valence-corrected chi connectivity index (χ1v) is 13.5. The molecule has 0 saturated heterocycles. The number of carbonyl (C=O) groups is 2. The molecule has 9 heteroatoms. The highest BCUT2D eigenvalue weighted by Gasteiger charge is 2.36. The summed E-state index contributed by atoms with van der Waals surface area (Å²) in [7, 11) is 4.02. The summed E-state index contributed by atoms with van der Waals surface area (Å²) in [6.07, 6.45) is 1.26. The zero-order valence-electron chi connectivity index (χ0n) is 22.9. The lowest BCUT2D eigenvalue weighted by molar-refractivity contribution is -0.118. The fourth-order valence-corrected chi connectivity index (χ4v) is 4.98. The van der Waals surface area contributed by atoms with Crippen LogP contribution in [0.15, 0.2) is 65.7 Å². The number of anilines is 2. The van der Waals surface area contributed by atoms with Crippen LogP contribution in [0.1, 0.15) is 36.8 Å². The summed E-state index contributed by atoms with van der Waals surface area (Å²) >= 11 is 0. The molecule has 0 saturated carbocycles. The quantitative estimate of drug-likeness (QED) is 0.377. The first kappa shape index (κ1) is 27.3. The summed E-state index contributed by atoms with van der Waals surface area (Å²) in [4.78, 5) is 34.7. The van der Waals surface area contributed by atoms with E-state index in [-0.39, 0.29) is 11.8 Å². The van der Waals surface area contributed by atoms with E-state index < -0.39 is 11.7 Å². The molecule has 3 aromatic rings. The highest BCUT2D eigenvalue weighted by molar-refractivity contribution is 6.24. The minimum Gasteiger partial charge on any atom is -0.486 e. The molecule has 0 fully saturated rings. The zero-order valence-corrected chi connectivity index (χ0v) is 22.9. The predicted octanol–water partition coefficient (Wildman–Crippen LogP) is 5.15. The summed E-state index contributed by atoms with van der Waals surface area (Å²) in [5, 5.41) is 2.79. The van der Waals surface area contributed by atoms with Crippen LogP contribution in [0.25, 0.3) is 0 Å². The molecule has 40 heavy (non-hydrogen) atoms. The van der Waals surface area contributed by atoms with Crippen molar-refractivity contribution in [1.29, 1.82) is 0 Å². The lowest BCUT2D eigenvalue weighted by Crippen LogP contribution is -2.32. The average molecular weight is 545 g/mol. The Labute approximate surface area is 233 Å². The molecule has 0 bridgehead atoms. The number of carbonyl (C=O) groups excluding carboxylic acids is 2. The van der Waals surface area contributed by atoms with Crippen LogP contribution in [0.4, 0.5) is 21.5 Å². The Morgan fingerprint density at radius 3 is 2.48 bits per heavy atom. The van der Waals surface area contributed by atoms with Crippen LogP contribution in [-0.4, -0.2) is 62.8 Å². The van der Waals surface area contributed by atoms with E-state index in [4.69, 9.17) is 14.5 Å². The molecule has 0 radical (unpaired) electrons. The van der Waals surface area contributed by atoms with Gasteiger partial charge in [-0.1, -0.05) is 13.0 Å². The average Bonchev–Trinajstić information content (AvgIpc) is 3.28. The van der Waals surface area contributed by atoms with E-state index in [2.05, 4.69) is 10.2 Å². The molecule has 1 unspecified atom stereocenters. The number of benzene rings is 3. The minimum atomic E-state index is -0.748. The number of ether oxygens (including phenoxy) is 2. The Hall–Kier alpha value is -4.24. The number of fused-ring (bicyclic) bond motifs is 2. The van der Waals surface area contributed by atoms with Crippen molar-refractivity contribution in [1.82, 2.24) is 4.90 Å². The van der Waals surface area contributed by atoms with Gasteiger partial charge in [0.15, 0.2) is 11.5 Å². The van der Waals surface area contributed by atoms with Crippen molar-refractivity contribution in [2.75, 3.05) is 50.6 Å². The maximum atomic E-state index is 13.9. The summed E-state index contributed by atoms with van der Waals surface area (Å²) < 4.78 is 25.4. The number of nitrogens with zero attached hydrogens (tertiary/aromatic N) is 3. The minimum absolute atomic E-state index is 0.0541. The molecule has 2 heterocycles. The molecule has 2 aliphatic rings. The number of aliphatic imine (C=N–C) groups is 1. The molecule has 1 N–H and O–H groups in total. The Bertz CT molecular complexity index is 1440. The standard InChI is InChI=1S/C31H33FN4O4/c1-4-28(37)36(15-5-14-35(2)3)23-10-8-22(9-11-23)33-30(20-6-13-26-27(18-20)40-17-16-39-26)29-24-12-7-21(32)19-25(24)34-31(29)38/h6-13,18-19,29H,4-5,14-17H2,1-3H3,(H,34,38). The maximum Gasteiger partial charge on any atom is 0.238 e. The number of nitrogens with one attached hydrogen (secondary N) is 1. The first-order valence-electron chi connectivity index (χ1n) is 13.5. The Kier molecular flexibility index (Phi) is 8.11. The number of rotatable bonds is 9. The molecule has 8 nitrogen and oxygen atoms in total.